The minimum absolute atomic E-state index is 0.0463. The summed E-state index contributed by atoms with van der Waals surface area (Å²) in [6.07, 6.45) is 5.87. The van der Waals surface area contributed by atoms with Crippen molar-refractivity contribution in [2.75, 3.05) is 11.9 Å². The van der Waals surface area contributed by atoms with E-state index in [2.05, 4.69) is 117 Å². The molecular formula is C26H37BrOSi. The summed E-state index contributed by atoms with van der Waals surface area (Å²) in [5.41, 5.74) is 1.47. The summed E-state index contributed by atoms with van der Waals surface area (Å²) < 4.78 is 7.05. The van der Waals surface area contributed by atoms with Crippen LogP contribution in [0.1, 0.15) is 53.9 Å². The Morgan fingerprint density at radius 3 is 1.97 bits per heavy atom. The molecule has 0 radical (unpaired) electrons. The lowest BCUT2D eigenvalue weighted by atomic mass is 10.0. The molecule has 1 atom stereocenters. The van der Waals surface area contributed by atoms with E-state index in [-0.39, 0.29) is 5.04 Å². The second-order valence-electron chi connectivity index (χ2n) is 9.18. The highest BCUT2D eigenvalue weighted by atomic mass is 79.9. The quantitative estimate of drug-likeness (QED) is 0.212. The Kier molecular flexibility index (Phi) is 9.38. The first kappa shape index (κ1) is 24.1. The van der Waals surface area contributed by atoms with E-state index in [1.54, 1.807) is 0 Å². The molecule has 2 aromatic rings. The zero-order chi connectivity index (χ0) is 21.3. The molecule has 0 heterocycles. The fourth-order valence-electron chi connectivity index (χ4n) is 4.08. The molecule has 0 saturated carbocycles. The van der Waals surface area contributed by atoms with Crippen molar-refractivity contribution < 1.29 is 4.43 Å². The standard InChI is InChI=1S/C26H37BrOSi/c1-22(19-20-27)13-12-14-23(2)21-28-29(26(3,4)5,24-15-8-6-9-16-24)25-17-10-7-11-18-25/h6-11,15-19,23H,12-14,20-21H2,1-5H3. The number of halogens is 1. The van der Waals surface area contributed by atoms with Gasteiger partial charge in [0.1, 0.15) is 0 Å². The Hall–Kier alpha value is -1.16. The highest BCUT2D eigenvalue weighted by molar-refractivity contribution is 9.09. The van der Waals surface area contributed by atoms with Gasteiger partial charge in [-0.2, -0.15) is 0 Å². The Morgan fingerprint density at radius 2 is 1.52 bits per heavy atom. The van der Waals surface area contributed by atoms with Crippen LogP contribution in [0.2, 0.25) is 5.04 Å². The van der Waals surface area contributed by atoms with Gasteiger partial charge in [0.15, 0.2) is 0 Å². The van der Waals surface area contributed by atoms with Crippen LogP contribution >= 0.6 is 15.9 Å². The lowest BCUT2D eigenvalue weighted by Gasteiger charge is -2.43. The maximum absolute atomic E-state index is 7.05. The molecule has 158 valence electrons. The van der Waals surface area contributed by atoms with Gasteiger partial charge in [0, 0.05) is 11.9 Å². The second kappa shape index (κ2) is 11.3. The molecule has 1 unspecified atom stereocenters. The van der Waals surface area contributed by atoms with Crippen LogP contribution in [0.5, 0.6) is 0 Å². The fraction of sp³-hybridized carbons (Fsp3) is 0.462. The zero-order valence-corrected chi connectivity index (χ0v) is 21.3. The SMILES string of the molecule is CC(=CCBr)CCCC(C)CO[Si](c1ccccc1)(c1ccccc1)C(C)(C)C. The van der Waals surface area contributed by atoms with Crippen molar-refractivity contribution in [1.82, 2.24) is 0 Å². The zero-order valence-electron chi connectivity index (χ0n) is 18.7. The van der Waals surface area contributed by atoms with Crippen molar-refractivity contribution >= 4 is 34.6 Å². The van der Waals surface area contributed by atoms with Crippen LogP contribution in [0.15, 0.2) is 72.3 Å². The monoisotopic (exact) mass is 472 g/mol. The first-order valence-corrected chi connectivity index (χ1v) is 13.8. The van der Waals surface area contributed by atoms with Gasteiger partial charge in [-0.15, -0.1) is 0 Å². The van der Waals surface area contributed by atoms with Crippen molar-refractivity contribution in [2.24, 2.45) is 5.92 Å². The summed E-state index contributed by atoms with van der Waals surface area (Å²) in [7, 11) is -2.40. The van der Waals surface area contributed by atoms with E-state index < -0.39 is 8.32 Å². The molecule has 0 spiro atoms. The van der Waals surface area contributed by atoms with Crippen LogP contribution in [0.4, 0.5) is 0 Å². The summed E-state index contributed by atoms with van der Waals surface area (Å²) >= 11 is 3.49. The average Bonchev–Trinajstić information content (AvgIpc) is 2.69. The molecule has 0 bridgehead atoms. The highest BCUT2D eigenvalue weighted by Crippen LogP contribution is 2.37. The third-order valence-electron chi connectivity index (χ3n) is 5.69. The van der Waals surface area contributed by atoms with Crippen molar-refractivity contribution in [3.05, 3.63) is 72.3 Å². The van der Waals surface area contributed by atoms with Crippen LogP contribution in [0.25, 0.3) is 0 Å². The molecule has 0 saturated heterocycles. The number of rotatable bonds is 10. The number of alkyl halides is 1. The molecule has 3 heteroatoms. The van der Waals surface area contributed by atoms with Gasteiger partial charge < -0.3 is 4.43 Å². The van der Waals surface area contributed by atoms with E-state index in [1.165, 1.54) is 35.2 Å². The predicted molar refractivity (Wildman–Crippen MR) is 134 cm³/mol. The summed E-state index contributed by atoms with van der Waals surface area (Å²) in [5, 5.41) is 3.72. The Labute approximate surface area is 187 Å². The van der Waals surface area contributed by atoms with E-state index in [0.29, 0.717) is 5.92 Å². The smallest absolute Gasteiger partial charge is 0.261 e. The minimum atomic E-state index is -2.40. The molecule has 0 aliphatic rings. The maximum Gasteiger partial charge on any atom is 0.261 e. The molecule has 2 rings (SSSR count). The largest absolute Gasteiger partial charge is 0.407 e. The van der Waals surface area contributed by atoms with E-state index in [1.807, 2.05) is 0 Å². The molecule has 0 aliphatic heterocycles. The molecule has 0 fully saturated rings. The van der Waals surface area contributed by atoms with Gasteiger partial charge >= 0.3 is 0 Å². The van der Waals surface area contributed by atoms with Crippen molar-refractivity contribution in [1.29, 1.82) is 0 Å². The molecule has 0 aromatic heterocycles. The summed E-state index contributed by atoms with van der Waals surface area (Å²) in [6, 6.07) is 21.9. The third kappa shape index (κ3) is 6.41. The van der Waals surface area contributed by atoms with Gasteiger partial charge in [-0.3, -0.25) is 0 Å². The van der Waals surface area contributed by atoms with E-state index >= 15 is 0 Å². The Balaban J connectivity index is 2.24. The normalized spacial score (nSPS) is 14.1. The first-order chi connectivity index (χ1) is 13.8. The topological polar surface area (TPSA) is 9.23 Å². The lowest BCUT2D eigenvalue weighted by molar-refractivity contribution is 0.236. The van der Waals surface area contributed by atoms with Crippen LogP contribution in [-0.4, -0.2) is 20.3 Å². The maximum atomic E-state index is 7.05. The Bertz CT molecular complexity index is 710. The van der Waals surface area contributed by atoms with Crippen LogP contribution in [0.3, 0.4) is 0 Å². The van der Waals surface area contributed by atoms with E-state index in [0.717, 1.165) is 11.9 Å². The van der Waals surface area contributed by atoms with Crippen molar-refractivity contribution in [2.45, 2.75) is 58.9 Å². The number of hydrogen-bond acceptors (Lipinski definition) is 1. The van der Waals surface area contributed by atoms with Crippen LogP contribution in [0, 0.1) is 5.92 Å². The van der Waals surface area contributed by atoms with Gasteiger partial charge in [0.2, 0.25) is 0 Å². The van der Waals surface area contributed by atoms with Crippen LogP contribution < -0.4 is 10.4 Å². The summed E-state index contributed by atoms with van der Waals surface area (Å²) in [5.74, 6) is 0.549. The van der Waals surface area contributed by atoms with Gasteiger partial charge in [0.25, 0.3) is 8.32 Å². The highest BCUT2D eigenvalue weighted by Gasteiger charge is 2.50. The Morgan fingerprint density at radius 1 is 1.00 bits per heavy atom. The van der Waals surface area contributed by atoms with E-state index in [9.17, 15) is 0 Å². The number of hydrogen-bond donors (Lipinski definition) is 0. The molecule has 0 N–H and O–H groups in total. The average molecular weight is 474 g/mol. The van der Waals surface area contributed by atoms with E-state index in [4.69, 9.17) is 4.43 Å². The second-order valence-corrected chi connectivity index (χ2v) is 14.1. The van der Waals surface area contributed by atoms with Gasteiger partial charge in [-0.05, 0) is 47.5 Å². The third-order valence-corrected chi connectivity index (χ3v) is 11.0. The van der Waals surface area contributed by atoms with Gasteiger partial charge in [0.05, 0.1) is 0 Å². The van der Waals surface area contributed by atoms with Gasteiger partial charge in [-0.25, -0.2) is 0 Å². The molecule has 1 nitrogen and oxygen atoms in total. The van der Waals surface area contributed by atoms with Crippen LogP contribution in [-0.2, 0) is 4.43 Å². The minimum Gasteiger partial charge on any atom is -0.407 e. The summed E-state index contributed by atoms with van der Waals surface area (Å²) in [6.45, 7) is 12.4. The summed E-state index contributed by atoms with van der Waals surface area (Å²) in [4.78, 5) is 0. The molecular weight excluding hydrogens is 436 g/mol. The predicted octanol–water partition coefficient (Wildman–Crippen LogP) is 6.71. The lowest BCUT2D eigenvalue weighted by Crippen LogP contribution is -2.66. The molecule has 0 aliphatic carbocycles. The van der Waals surface area contributed by atoms with Crippen molar-refractivity contribution in [3.8, 4) is 0 Å². The molecule has 29 heavy (non-hydrogen) atoms. The van der Waals surface area contributed by atoms with Crippen molar-refractivity contribution in [3.63, 3.8) is 0 Å². The fourth-order valence-corrected chi connectivity index (χ4v) is 9.32. The number of benzene rings is 2. The molecule has 2 aromatic carbocycles. The number of allylic oxidation sites excluding steroid dienone is 2. The van der Waals surface area contributed by atoms with Gasteiger partial charge in [-0.1, -0.05) is 116 Å². The molecule has 0 amide bonds. The first-order valence-electron chi connectivity index (χ1n) is 10.8.